The Balaban J connectivity index is 1.49. The van der Waals surface area contributed by atoms with Gasteiger partial charge in [-0.2, -0.15) is 0 Å². The van der Waals surface area contributed by atoms with E-state index in [0.717, 1.165) is 64.3 Å². The van der Waals surface area contributed by atoms with Crippen molar-refractivity contribution in [2.24, 2.45) is 11.8 Å². The highest BCUT2D eigenvalue weighted by Crippen LogP contribution is 2.31. The molecule has 2 saturated heterocycles. The van der Waals surface area contributed by atoms with Crippen LogP contribution in [0.5, 0.6) is 0 Å². The van der Waals surface area contributed by atoms with Crippen LogP contribution in [0.2, 0.25) is 0 Å². The molecule has 6 heteroatoms. The summed E-state index contributed by atoms with van der Waals surface area (Å²) in [5.74, 6) is 0.822. The Morgan fingerprint density at radius 1 is 1.08 bits per heavy atom. The second-order valence-corrected chi connectivity index (χ2v) is 8.51. The molecule has 1 unspecified atom stereocenters. The summed E-state index contributed by atoms with van der Waals surface area (Å²) < 4.78 is 11.8. The topological polar surface area (TPSA) is 45.3 Å². The molecule has 2 heterocycles. The van der Waals surface area contributed by atoms with E-state index in [4.69, 9.17) is 9.47 Å². The molecule has 1 saturated carbocycles. The summed E-state index contributed by atoms with van der Waals surface area (Å²) in [5.41, 5.74) is 0. The van der Waals surface area contributed by atoms with Crippen LogP contribution in [0.4, 0.5) is 0 Å². The Morgan fingerprint density at radius 2 is 1.73 bits per heavy atom. The van der Waals surface area contributed by atoms with Gasteiger partial charge in [0, 0.05) is 32.7 Å². The zero-order valence-corrected chi connectivity index (χ0v) is 16.9. The second-order valence-electron chi connectivity index (χ2n) is 8.51. The maximum Gasteiger partial charge on any atom is 0.308 e. The lowest BCUT2D eigenvalue weighted by Gasteiger charge is -2.48. The zero-order chi connectivity index (χ0) is 18.5. The lowest BCUT2D eigenvalue weighted by molar-refractivity contribution is -0.211. The number of nitrogens with zero attached hydrogens (tertiary/aromatic N) is 3. The number of esters is 1. The first-order valence-electron chi connectivity index (χ1n) is 10.5. The Morgan fingerprint density at radius 3 is 2.31 bits per heavy atom. The molecule has 1 atom stereocenters. The predicted octanol–water partition coefficient (Wildman–Crippen LogP) is 2.00. The molecular weight excluding hydrogens is 330 g/mol. The van der Waals surface area contributed by atoms with Crippen molar-refractivity contribution in [3.63, 3.8) is 0 Å². The summed E-state index contributed by atoms with van der Waals surface area (Å²) in [6.07, 6.45) is 6.73. The molecule has 0 radical (unpaired) electrons. The van der Waals surface area contributed by atoms with Crippen molar-refractivity contribution in [1.82, 2.24) is 14.7 Å². The molecule has 2 aliphatic heterocycles. The highest BCUT2D eigenvalue weighted by molar-refractivity contribution is 5.72. The quantitative estimate of drug-likeness (QED) is 0.612. The van der Waals surface area contributed by atoms with E-state index in [1.54, 1.807) is 0 Å². The van der Waals surface area contributed by atoms with E-state index >= 15 is 0 Å². The number of hydrogen-bond donors (Lipinski definition) is 0. The first kappa shape index (κ1) is 20.1. The molecular formula is C20H37N3O3. The molecule has 0 aromatic carbocycles. The van der Waals surface area contributed by atoms with E-state index in [1.165, 1.54) is 12.8 Å². The van der Waals surface area contributed by atoms with Gasteiger partial charge in [-0.05, 0) is 65.5 Å². The molecule has 0 spiro atoms. The summed E-state index contributed by atoms with van der Waals surface area (Å²) >= 11 is 0. The van der Waals surface area contributed by atoms with Crippen LogP contribution in [-0.4, -0.2) is 86.6 Å². The molecule has 3 fully saturated rings. The molecule has 0 amide bonds. The average Bonchev–Trinajstić information content (AvgIpc) is 3.11. The SMILES string of the molecule is CCOC(=O)C1CCC(OC(N2CCCC2)N2CC(CN(C)C)C2)CC1. The summed E-state index contributed by atoms with van der Waals surface area (Å²) in [7, 11) is 4.30. The van der Waals surface area contributed by atoms with E-state index in [-0.39, 0.29) is 24.3 Å². The minimum Gasteiger partial charge on any atom is -0.466 e. The van der Waals surface area contributed by atoms with Gasteiger partial charge in [0.1, 0.15) is 0 Å². The predicted molar refractivity (Wildman–Crippen MR) is 102 cm³/mol. The van der Waals surface area contributed by atoms with E-state index in [1.807, 2.05) is 6.92 Å². The van der Waals surface area contributed by atoms with E-state index < -0.39 is 0 Å². The zero-order valence-electron chi connectivity index (χ0n) is 16.9. The van der Waals surface area contributed by atoms with E-state index in [0.29, 0.717) is 6.61 Å². The fraction of sp³-hybridized carbons (Fsp3) is 0.950. The third kappa shape index (κ3) is 5.18. The second kappa shape index (κ2) is 9.49. The van der Waals surface area contributed by atoms with Gasteiger partial charge in [0.2, 0.25) is 0 Å². The number of likely N-dealkylation sites (tertiary alicyclic amines) is 2. The van der Waals surface area contributed by atoms with Gasteiger partial charge in [0.05, 0.1) is 18.6 Å². The standard InChI is InChI=1S/C20H37N3O3/c1-4-25-19(24)17-7-9-18(10-8-17)26-20(22-11-5-6-12-22)23-14-16(15-23)13-21(2)3/h16-18,20H,4-15H2,1-3H3. The van der Waals surface area contributed by atoms with Gasteiger partial charge in [0.25, 0.3) is 0 Å². The van der Waals surface area contributed by atoms with Crippen molar-refractivity contribution < 1.29 is 14.3 Å². The Kier molecular flexibility index (Phi) is 7.32. The summed E-state index contributed by atoms with van der Waals surface area (Å²) in [5, 5.41) is 0. The number of carbonyl (C=O) groups is 1. The molecule has 150 valence electrons. The van der Waals surface area contributed by atoms with Gasteiger partial charge in [0.15, 0.2) is 6.35 Å². The fourth-order valence-corrected chi connectivity index (χ4v) is 4.65. The molecule has 6 nitrogen and oxygen atoms in total. The molecule has 1 aliphatic carbocycles. The highest BCUT2D eigenvalue weighted by Gasteiger charge is 2.39. The normalized spacial score (nSPS) is 29.7. The fourth-order valence-electron chi connectivity index (χ4n) is 4.65. The first-order valence-corrected chi connectivity index (χ1v) is 10.5. The number of hydrogen-bond acceptors (Lipinski definition) is 6. The highest BCUT2D eigenvalue weighted by atomic mass is 16.5. The molecule has 3 rings (SSSR count). The van der Waals surface area contributed by atoms with Crippen molar-refractivity contribution in [2.45, 2.75) is 57.9 Å². The summed E-state index contributed by atoms with van der Waals surface area (Å²) in [4.78, 5) is 19.3. The first-order chi connectivity index (χ1) is 12.6. The van der Waals surface area contributed by atoms with Crippen molar-refractivity contribution in [3.8, 4) is 0 Å². The van der Waals surface area contributed by atoms with E-state index in [9.17, 15) is 4.79 Å². The van der Waals surface area contributed by atoms with Crippen LogP contribution in [0.15, 0.2) is 0 Å². The van der Waals surface area contributed by atoms with Gasteiger partial charge >= 0.3 is 5.97 Å². The van der Waals surface area contributed by atoms with Crippen LogP contribution >= 0.6 is 0 Å². The van der Waals surface area contributed by atoms with Gasteiger partial charge < -0.3 is 14.4 Å². The Labute approximate surface area is 158 Å². The average molecular weight is 368 g/mol. The van der Waals surface area contributed by atoms with Crippen LogP contribution in [0.1, 0.15) is 45.4 Å². The smallest absolute Gasteiger partial charge is 0.308 e. The van der Waals surface area contributed by atoms with Gasteiger partial charge in [-0.1, -0.05) is 0 Å². The van der Waals surface area contributed by atoms with Crippen molar-refractivity contribution >= 4 is 5.97 Å². The summed E-state index contributed by atoms with van der Waals surface area (Å²) in [6, 6.07) is 0. The maximum atomic E-state index is 11.9. The van der Waals surface area contributed by atoms with Crippen molar-refractivity contribution in [3.05, 3.63) is 0 Å². The molecule has 0 N–H and O–H groups in total. The van der Waals surface area contributed by atoms with Crippen LogP contribution in [0.25, 0.3) is 0 Å². The molecule has 0 aromatic heterocycles. The van der Waals surface area contributed by atoms with E-state index in [2.05, 4.69) is 28.8 Å². The Bertz CT molecular complexity index is 440. The maximum absolute atomic E-state index is 11.9. The molecule has 26 heavy (non-hydrogen) atoms. The van der Waals surface area contributed by atoms with Crippen LogP contribution in [0, 0.1) is 11.8 Å². The number of ether oxygens (including phenoxy) is 2. The lowest BCUT2D eigenvalue weighted by atomic mass is 9.87. The number of rotatable bonds is 8. The summed E-state index contributed by atoms with van der Waals surface area (Å²) in [6.45, 7) is 8.09. The Hall–Kier alpha value is -0.690. The van der Waals surface area contributed by atoms with Gasteiger partial charge in [-0.3, -0.25) is 14.6 Å². The van der Waals surface area contributed by atoms with Gasteiger partial charge in [-0.15, -0.1) is 0 Å². The minimum absolute atomic E-state index is 0.0173. The number of carbonyl (C=O) groups excluding carboxylic acids is 1. The molecule has 3 aliphatic rings. The molecule has 0 aromatic rings. The molecule has 0 bridgehead atoms. The van der Waals surface area contributed by atoms with Crippen LogP contribution in [-0.2, 0) is 14.3 Å². The van der Waals surface area contributed by atoms with Crippen LogP contribution < -0.4 is 0 Å². The van der Waals surface area contributed by atoms with Crippen LogP contribution in [0.3, 0.4) is 0 Å². The van der Waals surface area contributed by atoms with Gasteiger partial charge in [-0.25, -0.2) is 0 Å². The monoisotopic (exact) mass is 367 g/mol. The third-order valence-electron chi connectivity index (χ3n) is 5.98. The van der Waals surface area contributed by atoms with Crippen molar-refractivity contribution in [2.75, 3.05) is 53.4 Å². The third-order valence-corrected chi connectivity index (χ3v) is 5.98. The largest absolute Gasteiger partial charge is 0.466 e. The minimum atomic E-state index is -0.0173. The van der Waals surface area contributed by atoms with Crippen molar-refractivity contribution in [1.29, 1.82) is 0 Å². The lowest BCUT2D eigenvalue weighted by Crippen LogP contribution is -2.61.